The van der Waals surface area contributed by atoms with Crippen LogP contribution in [0.5, 0.6) is 0 Å². The molecule has 19 heavy (non-hydrogen) atoms. The second-order valence-corrected chi connectivity index (χ2v) is 6.19. The lowest BCUT2D eigenvalue weighted by atomic mass is 9.73. The molecule has 2 aliphatic rings. The summed E-state index contributed by atoms with van der Waals surface area (Å²) in [6.07, 6.45) is 10.5. The van der Waals surface area contributed by atoms with E-state index in [-0.39, 0.29) is 5.91 Å². The Kier molecular flexibility index (Phi) is 4.85. The van der Waals surface area contributed by atoms with Gasteiger partial charge in [-0.15, -0.1) is 0 Å². The number of likely N-dealkylation sites (tertiary alicyclic amines) is 1. The van der Waals surface area contributed by atoms with Gasteiger partial charge in [-0.25, -0.2) is 0 Å². The van der Waals surface area contributed by atoms with Crippen molar-refractivity contribution in [2.75, 3.05) is 6.54 Å². The second kappa shape index (κ2) is 6.41. The molecule has 0 spiro atoms. The van der Waals surface area contributed by atoms with Crippen LogP contribution in [0.25, 0.3) is 0 Å². The van der Waals surface area contributed by atoms with Crippen molar-refractivity contribution in [3.63, 3.8) is 0 Å². The van der Waals surface area contributed by atoms with Crippen LogP contribution in [0.15, 0.2) is 0 Å². The van der Waals surface area contributed by atoms with Gasteiger partial charge in [-0.2, -0.15) is 5.26 Å². The van der Waals surface area contributed by atoms with E-state index >= 15 is 0 Å². The molecular weight excluding hydrogens is 236 g/mol. The molecule has 3 heteroatoms. The number of hydrogen-bond acceptors (Lipinski definition) is 2. The first-order valence-corrected chi connectivity index (χ1v) is 7.96. The first-order chi connectivity index (χ1) is 9.23. The molecule has 0 bridgehead atoms. The van der Waals surface area contributed by atoms with Gasteiger partial charge < -0.3 is 4.90 Å². The van der Waals surface area contributed by atoms with E-state index in [9.17, 15) is 10.1 Å². The third-order valence-electron chi connectivity index (χ3n) is 4.84. The van der Waals surface area contributed by atoms with Gasteiger partial charge in [0.25, 0.3) is 0 Å². The lowest BCUT2D eigenvalue weighted by Gasteiger charge is -2.41. The van der Waals surface area contributed by atoms with Gasteiger partial charge >= 0.3 is 0 Å². The highest BCUT2D eigenvalue weighted by Gasteiger charge is 2.44. The van der Waals surface area contributed by atoms with Gasteiger partial charge in [0.05, 0.1) is 6.07 Å². The molecule has 1 saturated carbocycles. The minimum atomic E-state index is -0.693. The minimum absolute atomic E-state index is 0.146. The summed E-state index contributed by atoms with van der Waals surface area (Å²) in [7, 11) is 0. The van der Waals surface area contributed by atoms with E-state index in [1.54, 1.807) is 0 Å². The first-order valence-electron chi connectivity index (χ1n) is 7.96. The van der Waals surface area contributed by atoms with Crippen molar-refractivity contribution in [2.24, 2.45) is 5.41 Å². The number of nitrogens with zero attached hydrogens (tertiary/aromatic N) is 2. The van der Waals surface area contributed by atoms with E-state index in [1.165, 1.54) is 12.8 Å². The second-order valence-electron chi connectivity index (χ2n) is 6.19. The number of rotatable bonds is 3. The predicted molar refractivity (Wildman–Crippen MR) is 75.4 cm³/mol. The van der Waals surface area contributed by atoms with E-state index in [2.05, 4.69) is 17.9 Å². The van der Waals surface area contributed by atoms with Gasteiger partial charge in [-0.1, -0.05) is 32.6 Å². The molecule has 0 aromatic carbocycles. The van der Waals surface area contributed by atoms with E-state index in [1.807, 2.05) is 0 Å². The largest absolute Gasteiger partial charge is 0.338 e. The van der Waals surface area contributed by atoms with Crippen molar-refractivity contribution in [3.05, 3.63) is 0 Å². The monoisotopic (exact) mass is 262 g/mol. The van der Waals surface area contributed by atoms with Crippen LogP contribution in [0.1, 0.15) is 71.1 Å². The molecule has 1 aliphatic carbocycles. The van der Waals surface area contributed by atoms with Crippen LogP contribution in [0.3, 0.4) is 0 Å². The maximum Gasteiger partial charge on any atom is 0.243 e. The van der Waals surface area contributed by atoms with Crippen molar-refractivity contribution in [3.8, 4) is 6.07 Å². The number of amides is 1. The maximum atomic E-state index is 12.9. The number of carbonyl (C=O) groups excluding carboxylic acids is 1. The van der Waals surface area contributed by atoms with E-state index < -0.39 is 5.41 Å². The molecular formula is C16H26N2O. The van der Waals surface area contributed by atoms with Crippen molar-refractivity contribution in [1.29, 1.82) is 5.26 Å². The molecule has 1 unspecified atom stereocenters. The van der Waals surface area contributed by atoms with Crippen LogP contribution >= 0.6 is 0 Å². The van der Waals surface area contributed by atoms with Crippen molar-refractivity contribution in [2.45, 2.75) is 77.2 Å². The molecule has 0 aromatic rings. The SMILES string of the molecule is CCCC1CCCCN1C(=O)C1(C#N)CCCCC1. The fourth-order valence-corrected chi connectivity index (χ4v) is 3.71. The lowest BCUT2D eigenvalue weighted by molar-refractivity contribution is -0.144. The number of hydrogen-bond donors (Lipinski definition) is 0. The Morgan fingerprint density at radius 2 is 2.00 bits per heavy atom. The molecule has 3 nitrogen and oxygen atoms in total. The molecule has 1 amide bonds. The van der Waals surface area contributed by atoms with Crippen LogP contribution in [0, 0.1) is 16.7 Å². The summed E-state index contributed by atoms with van der Waals surface area (Å²) in [4.78, 5) is 15.0. The average molecular weight is 262 g/mol. The van der Waals surface area contributed by atoms with Crippen molar-refractivity contribution >= 4 is 5.91 Å². The molecule has 2 rings (SSSR count). The Morgan fingerprint density at radius 3 is 2.63 bits per heavy atom. The molecule has 0 aromatic heterocycles. The summed E-state index contributed by atoms with van der Waals surface area (Å²) < 4.78 is 0. The Morgan fingerprint density at radius 1 is 1.26 bits per heavy atom. The molecule has 2 fully saturated rings. The Labute approximate surface area is 117 Å². The summed E-state index contributed by atoms with van der Waals surface area (Å²) >= 11 is 0. The highest BCUT2D eigenvalue weighted by Crippen LogP contribution is 2.39. The normalized spacial score (nSPS) is 26.7. The fraction of sp³-hybridized carbons (Fsp3) is 0.875. The summed E-state index contributed by atoms with van der Waals surface area (Å²) in [6.45, 7) is 3.05. The van der Waals surface area contributed by atoms with Gasteiger partial charge in [0.2, 0.25) is 5.91 Å². The van der Waals surface area contributed by atoms with E-state index in [0.717, 1.165) is 57.9 Å². The smallest absolute Gasteiger partial charge is 0.243 e. The summed E-state index contributed by atoms with van der Waals surface area (Å²) in [6, 6.07) is 2.77. The number of piperidine rings is 1. The van der Waals surface area contributed by atoms with Gasteiger partial charge in [0.1, 0.15) is 5.41 Å². The zero-order chi connectivity index (χ0) is 13.7. The number of carbonyl (C=O) groups is 1. The highest BCUT2D eigenvalue weighted by molar-refractivity contribution is 5.86. The van der Waals surface area contributed by atoms with E-state index in [4.69, 9.17) is 0 Å². The van der Waals surface area contributed by atoms with Crippen LogP contribution in [-0.2, 0) is 4.79 Å². The van der Waals surface area contributed by atoms with Crippen molar-refractivity contribution in [1.82, 2.24) is 4.90 Å². The highest BCUT2D eigenvalue weighted by atomic mass is 16.2. The molecule has 1 saturated heterocycles. The van der Waals surface area contributed by atoms with Gasteiger partial charge in [-0.05, 0) is 38.5 Å². The van der Waals surface area contributed by atoms with Crippen LogP contribution in [0.4, 0.5) is 0 Å². The van der Waals surface area contributed by atoms with Crippen LogP contribution in [0.2, 0.25) is 0 Å². The number of nitriles is 1. The standard InChI is InChI=1S/C16H26N2O/c1-2-8-14-9-4-7-12-18(14)15(19)16(13-17)10-5-3-6-11-16/h14H,2-12H2,1H3. The lowest BCUT2D eigenvalue weighted by Crippen LogP contribution is -2.51. The molecule has 0 N–H and O–H groups in total. The summed E-state index contributed by atoms with van der Waals surface area (Å²) in [5, 5.41) is 9.56. The first kappa shape index (κ1) is 14.4. The quantitative estimate of drug-likeness (QED) is 0.779. The molecule has 106 valence electrons. The zero-order valence-electron chi connectivity index (χ0n) is 12.2. The van der Waals surface area contributed by atoms with Crippen molar-refractivity contribution < 1.29 is 4.79 Å². The Hall–Kier alpha value is -1.04. The van der Waals surface area contributed by atoms with Gasteiger partial charge in [-0.3, -0.25) is 4.79 Å². The maximum absolute atomic E-state index is 12.9. The third kappa shape index (κ3) is 2.94. The molecule has 0 radical (unpaired) electrons. The molecule has 1 atom stereocenters. The predicted octanol–water partition coefficient (Wildman–Crippen LogP) is 3.64. The topological polar surface area (TPSA) is 44.1 Å². The third-order valence-corrected chi connectivity index (χ3v) is 4.84. The van der Waals surface area contributed by atoms with Gasteiger partial charge in [0.15, 0.2) is 0 Å². The average Bonchev–Trinajstić information content (AvgIpc) is 2.48. The Balaban J connectivity index is 2.13. The zero-order valence-corrected chi connectivity index (χ0v) is 12.2. The summed E-state index contributed by atoms with van der Waals surface area (Å²) in [5.74, 6) is 0.146. The molecule has 1 heterocycles. The van der Waals surface area contributed by atoms with Crippen LogP contribution in [-0.4, -0.2) is 23.4 Å². The fourth-order valence-electron chi connectivity index (χ4n) is 3.71. The molecule has 1 aliphatic heterocycles. The Bertz CT molecular complexity index is 350. The summed E-state index contributed by atoms with van der Waals surface area (Å²) in [5.41, 5.74) is -0.693. The van der Waals surface area contributed by atoms with E-state index in [0.29, 0.717) is 6.04 Å². The minimum Gasteiger partial charge on any atom is -0.338 e. The van der Waals surface area contributed by atoms with Crippen LogP contribution < -0.4 is 0 Å². The van der Waals surface area contributed by atoms with Gasteiger partial charge in [0, 0.05) is 12.6 Å².